The Morgan fingerprint density at radius 1 is 1.38 bits per heavy atom. The van der Waals surface area contributed by atoms with Crippen molar-refractivity contribution < 1.29 is 0 Å². The van der Waals surface area contributed by atoms with E-state index in [2.05, 4.69) is 4.98 Å². The molecule has 0 bridgehead atoms. The van der Waals surface area contributed by atoms with Crippen LogP contribution in [0.3, 0.4) is 0 Å². The van der Waals surface area contributed by atoms with Crippen LogP contribution in [0.4, 0.5) is 0 Å². The van der Waals surface area contributed by atoms with E-state index in [1.54, 1.807) is 0 Å². The lowest BCUT2D eigenvalue weighted by molar-refractivity contribution is 0.974. The standard InChI is InChI=1S/C10H15N3/c1-7-5-13-6-8(2)9(7)3-4-10(11)12/h5-6H,3-4H2,1-2H3,(H3,11,12). The van der Waals surface area contributed by atoms with Gasteiger partial charge >= 0.3 is 0 Å². The van der Waals surface area contributed by atoms with E-state index < -0.39 is 0 Å². The molecule has 0 saturated carbocycles. The number of nitrogens with zero attached hydrogens (tertiary/aromatic N) is 1. The van der Waals surface area contributed by atoms with Crippen molar-refractivity contribution in [3.8, 4) is 0 Å². The molecule has 0 spiro atoms. The zero-order valence-corrected chi connectivity index (χ0v) is 8.09. The second kappa shape index (κ2) is 4.03. The average Bonchev–Trinajstić information content (AvgIpc) is 2.03. The zero-order valence-electron chi connectivity index (χ0n) is 8.09. The van der Waals surface area contributed by atoms with Gasteiger partial charge in [0.25, 0.3) is 0 Å². The van der Waals surface area contributed by atoms with Crippen LogP contribution in [0.1, 0.15) is 23.1 Å². The molecule has 70 valence electrons. The third kappa shape index (κ3) is 2.54. The summed E-state index contributed by atoms with van der Waals surface area (Å²) in [5.74, 6) is 0.246. The summed E-state index contributed by atoms with van der Waals surface area (Å²) in [4.78, 5) is 4.09. The van der Waals surface area contributed by atoms with Gasteiger partial charge in [-0.05, 0) is 37.0 Å². The Labute approximate surface area is 78.5 Å². The number of aryl methyl sites for hydroxylation is 2. The Hall–Kier alpha value is -1.38. The molecule has 3 nitrogen and oxygen atoms in total. The zero-order chi connectivity index (χ0) is 9.84. The van der Waals surface area contributed by atoms with Crippen molar-refractivity contribution >= 4 is 5.84 Å². The third-order valence-electron chi connectivity index (χ3n) is 2.13. The molecular weight excluding hydrogens is 162 g/mol. The topological polar surface area (TPSA) is 62.8 Å². The lowest BCUT2D eigenvalue weighted by Crippen LogP contribution is -2.11. The van der Waals surface area contributed by atoms with Gasteiger partial charge in [-0.2, -0.15) is 0 Å². The molecular formula is C10H15N3. The van der Waals surface area contributed by atoms with Gasteiger partial charge in [0.15, 0.2) is 0 Å². The molecule has 0 radical (unpaired) electrons. The molecule has 0 saturated heterocycles. The number of amidine groups is 1. The number of pyridine rings is 1. The van der Waals surface area contributed by atoms with Gasteiger partial charge in [-0.1, -0.05) is 0 Å². The first-order valence-corrected chi connectivity index (χ1v) is 4.34. The molecule has 0 aromatic carbocycles. The SMILES string of the molecule is Cc1cncc(C)c1CCC(=N)N. The fourth-order valence-electron chi connectivity index (χ4n) is 1.38. The fourth-order valence-corrected chi connectivity index (χ4v) is 1.38. The Morgan fingerprint density at radius 2 is 1.92 bits per heavy atom. The van der Waals surface area contributed by atoms with Gasteiger partial charge in [-0.15, -0.1) is 0 Å². The minimum absolute atomic E-state index is 0.246. The van der Waals surface area contributed by atoms with Crippen molar-refractivity contribution in [2.24, 2.45) is 5.73 Å². The molecule has 3 heteroatoms. The molecule has 0 aliphatic carbocycles. The molecule has 3 N–H and O–H groups in total. The van der Waals surface area contributed by atoms with Crippen molar-refractivity contribution in [2.75, 3.05) is 0 Å². The largest absolute Gasteiger partial charge is 0.388 e. The molecule has 0 fully saturated rings. The van der Waals surface area contributed by atoms with E-state index in [0.29, 0.717) is 6.42 Å². The van der Waals surface area contributed by atoms with Gasteiger partial charge in [0.05, 0.1) is 5.84 Å². The summed E-state index contributed by atoms with van der Waals surface area (Å²) in [5, 5.41) is 7.15. The van der Waals surface area contributed by atoms with E-state index in [1.165, 1.54) is 16.7 Å². The van der Waals surface area contributed by atoms with E-state index in [4.69, 9.17) is 11.1 Å². The van der Waals surface area contributed by atoms with E-state index >= 15 is 0 Å². The predicted molar refractivity (Wildman–Crippen MR) is 53.9 cm³/mol. The van der Waals surface area contributed by atoms with Crippen LogP contribution in [0.2, 0.25) is 0 Å². The highest BCUT2D eigenvalue weighted by molar-refractivity contribution is 5.77. The van der Waals surface area contributed by atoms with Gasteiger partial charge in [0.1, 0.15) is 0 Å². The Morgan fingerprint density at radius 3 is 2.38 bits per heavy atom. The van der Waals surface area contributed by atoms with Gasteiger partial charge in [0, 0.05) is 18.8 Å². The summed E-state index contributed by atoms with van der Waals surface area (Å²) in [5.41, 5.74) is 8.94. The first kappa shape index (κ1) is 9.71. The maximum absolute atomic E-state index is 7.15. The third-order valence-corrected chi connectivity index (χ3v) is 2.13. The van der Waals surface area contributed by atoms with Crippen molar-refractivity contribution in [1.82, 2.24) is 4.98 Å². The number of aromatic nitrogens is 1. The summed E-state index contributed by atoms with van der Waals surface area (Å²) in [6.45, 7) is 4.07. The lowest BCUT2D eigenvalue weighted by atomic mass is 10.0. The van der Waals surface area contributed by atoms with Crippen LogP contribution in [0.5, 0.6) is 0 Å². The monoisotopic (exact) mass is 177 g/mol. The molecule has 0 aliphatic heterocycles. The summed E-state index contributed by atoms with van der Waals surface area (Å²) in [6, 6.07) is 0. The predicted octanol–water partition coefficient (Wildman–Crippen LogP) is 1.57. The smallest absolute Gasteiger partial charge is 0.0908 e. The number of nitrogens with two attached hydrogens (primary N) is 1. The fraction of sp³-hybridized carbons (Fsp3) is 0.400. The highest BCUT2D eigenvalue weighted by Crippen LogP contribution is 2.13. The normalized spacial score (nSPS) is 10.0. The van der Waals surface area contributed by atoms with Gasteiger partial charge in [-0.3, -0.25) is 10.4 Å². The first-order valence-electron chi connectivity index (χ1n) is 4.34. The van der Waals surface area contributed by atoms with E-state index in [0.717, 1.165) is 6.42 Å². The van der Waals surface area contributed by atoms with Crippen molar-refractivity contribution in [1.29, 1.82) is 5.41 Å². The maximum Gasteiger partial charge on any atom is 0.0908 e. The van der Waals surface area contributed by atoms with Crippen LogP contribution in [-0.2, 0) is 6.42 Å². The second-order valence-electron chi connectivity index (χ2n) is 3.28. The summed E-state index contributed by atoms with van der Waals surface area (Å²) >= 11 is 0. The number of hydrogen-bond acceptors (Lipinski definition) is 2. The van der Waals surface area contributed by atoms with Crippen molar-refractivity contribution in [3.63, 3.8) is 0 Å². The molecule has 0 amide bonds. The van der Waals surface area contributed by atoms with Crippen LogP contribution < -0.4 is 5.73 Å². The minimum atomic E-state index is 0.246. The molecule has 1 heterocycles. The quantitative estimate of drug-likeness (QED) is 0.543. The Bertz CT molecular complexity index is 298. The van der Waals surface area contributed by atoms with Crippen molar-refractivity contribution in [2.45, 2.75) is 26.7 Å². The summed E-state index contributed by atoms with van der Waals surface area (Å²) in [6.07, 6.45) is 5.17. The molecule has 1 aromatic rings. The average molecular weight is 177 g/mol. The van der Waals surface area contributed by atoms with Crippen LogP contribution in [0, 0.1) is 19.3 Å². The van der Waals surface area contributed by atoms with Crippen LogP contribution in [-0.4, -0.2) is 10.8 Å². The molecule has 1 rings (SSSR count). The lowest BCUT2D eigenvalue weighted by Gasteiger charge is -2.07. The van der Waals surface area contributed by atoms with E-state index in [-0.39, 0.29) is 5.84 Å². The van der Waals surface area contributed by atoms with Crippen LogP contribution >= 0.6 is 0 Å². The first-order chi connectivity index (χ1) is 6.11. The van der Waals surface area contributed by atoms with Gasteiger partial charge in [0.2, 0.25) is 0 Å². The molecule has 0 aliphatic rings. The summed E-state index contributed by atoms with van der Waals surface area (Å²) < 4.78 is 0. The highest BCUT2D eigenvalue weighted by Gasteiger charge is 2.02. The number of hydrogen-bond donors (Lipinski definition) is 2. The Kier molecular flexibility index (Phi) is 3.01. The molecule has 1 aromatic heterocycles. The van der Waals surface area contributed by atoms with Gasteiger partial charge < -0.3 is 5.73 Å². The van der Waals surface area contributed by atoms with Crippen molar-refractivity contribution in [3.05, 3.63) is 29.1 Å². The molecule has 13 heavy (non-hydrogen) atoms. The van der Waals surface area contributed by atoms with Crippen LogP contribution in [0.25, 0.3) is 0 Å². The van der Waals surface area contributed by atoms with Crippen LogP contribution in [0.15, 0.2) is 12.4 Å². The second-order valence-corrected chi connectivity index (χ2v) is 3.28. The highest BCUT2D eigenvalue weighted by atomic mass is 14.7. The molecule has 0 atom stereocenters. The summed E-state index contributed by atoms with van der Waals surface area (Å²) in [7, 11) is 0. The van der Waals surface area contributed by atoms with Gasteiger partial charge in [-0.25, -0.2) is 0 Å². The number of nitrogens with one attached hydrogen (secondary N) is 1. The van der Waals surface area contributed by atoms with E-state index in [1.807, 2.05) is 26.2 Å². The molecule has 0 unspecified atom stereocenters. The maximum atomic E-state index is 7.15. The Balaban J connectivity index is 2.81. The minimum Gasteiger partial charge on any atom is -0.388 e. The number of rotatable bonds is 3. The van der Waals surface area contributed by atoms with E-state index in [9.17, 15) is 0 Å².